The summed E-state index contributed by atoms with van der Waals surface area (Å²) in [6, 6.07) is -1.63. The van der Waals surface area contributed by atoms with E-state index in [9.17, 15) is 19.2 Å². The van der Waals surface area contributed by atoms with E-state index in [1.807, 2.05) is 6.92 Å². The van der Waals surface area contributed by atoms with Crippen LogP contribution < -0.4 is 16.3 Å². The average Bonchev–Trinajstić information content (AvgIpc) is 3.19. The minimum Gasteiger partial charge on any atom is -0.344 e. The molecule has 0 spiro atoms. The highest BCUT2D eigenvalue weighted by Gasteiger charge is 2.39. The maximum atomic E-state index is 13.0. The molecule has 0 aromatic heterocycles. The SMILES string of the molecule is CCCCC[C@@H](CC(=O)NO)C(=O)N[C@H](C(=O)N1CCC[C@@H]1C(=O)NO)C(C)C. The fraction of sp³-hybridized carbons (Fsp3) is 0.789. The van der Waals surface area contributed by atoms with Crippen LogP contribution in [-0.2, 0) is 19.2 Å². The van der Waals surface area contributed by atoms with Gasteiger partial charge in [-0.2, -0.15) is 0 Å². The van der Waals surface area contributed by atoms with Gasteiger partial charge in [-0.15, -0.1) is 0 Å². The van der Waals surface area contributed by atoms with Gasteiger partial charge in [0, 0.05) is 18.9 Å². The molecule has 1 saturated heterocycles. The maximum Gasteiger partial charge on any atom is 0.266 e. The molecule has 0 radical (unpaired) electrons. The molecule has 10 nitrogen and oxygen atoms in total. The first-order valence-electron chi connectivity index (χ1n) is 10.2. The van der Waals surface area contributed by atoms with Crippen LogP contribution in [0.15, 0.2) is 0 Å². The van der Waals surface area contributed by atoms with E-state index in [2.05, 4.69) is 5.32 Å². The molecule has 1 fully saturated rings. The second-order valence-electron chi connectivity index (χ2n) is 7.83. The van der Waals surface area contributed by atoms with Gasteiger partial charge in [0.25, 0.3) is 5.91 Å². The number of amides is 4. The summed E-state index contributed by atoms with van der Waals surface area (Å²) in [5.41, 5.74) is 3.13. The van der Waals surface area contributed by atoms with Crippen LogP contribution in [0.4, 0.5) is 0 Å². The van der Waals surface area contributed by atoms with E-state index in [-0.39, 0.29) is 12.3 Å². The van der Waals surface area contributed by atoms with Gasteiger partial charge in [-0.05, 0) is 25.2 Å². The summed E-state index contributed by atoms with van der Waals surface area (Å²) >= 11 is 0. The Labute approximate surface area is 171 Å². The first-order chi connectivity index (χ1) is 13.8. The molecule has 1 aliphatic rings. The van der Waals surface area contributed by atoms with Gasteiger partial charge in [0.1, 0.15) is 12.1 Å². The van der Waals surface area contributed by atoms with Gasteiger partial charge in [-0.1, -0.05) is 40.0 Å². The van der Waals surface area contributed by atoms with Crippen LogP contribution in [0.1, 0.15) is 65.7 Å². The minimum absolute atomic E-state index is 0.176. The van der Waals surface area contributed by atoms with Crippen molar-refractivity contribution >= 4 is 23.6 Å². The number of hydrogen-bond donors (Lipinski definition) is 5. The molecule has 0 saturated carbocycles. The van der Waals surface area contributed by atoms with Crippen molar-refractivity contribution in [1.29, 1.82) is 0 Å². The van der Waals surface area contributed by atoms with Crippen molar-refractivity contribution in [3.05, 3.63) is 0 Å². The number of likely N-dealkylation sites (tertiary alicyclic amines) is 1. The van der Waals surface area contributed by atoms with Gasteiger partial charge in [0.2, 0.25) is 17.7 Å². The number of unbranched alkanes of at least 4 members (excludes halogenated alkanes) is 2. The van der Waals surface area contributed by atoms with E-state index >= 15 is 0 Å². The molecule has 4 amide bonds. The first kappa shape index (κ1) is 24.8. The van der Waals surface area contributed by atoms with Crippen molar-refractivity contribution in [2.45, 2.75) is 77.8 Å². The van der Waals surface area contributed by atoms with Crippen molar-refractivity contribution in [2.24, 2.45) is 11.8 Å². The molecule has 3 atom stereocenters. The Morgan fingerprint density at radius 2 is 1.79 bits per heavy atom. The van der Waals surface area contributed by atoms with E-state index < -0.39 is 41.6 Å². The summed E-state index contributed by atoms with van der Waals surface area (Å²) in [4.78, 5) is 50.7. The number of nitrogens with zero attached hydrogens (tertiary/aromatic N) is 1. The fourth-order valence-corrected chi connectivity index (χ4v) is 3.58. The first-order valence-corrected chi connectivity index (χ1v) is 10.2. The standard InChI is InChI=1S/C19H34N4O6/c1-4-5-6-8-13(11-15(24)21-28)17(25)20-16(12(2)3)19(27)23-10-7-9-14(23)18(26)22-29/h12-14,16,28-29H,4-11H2,1-3H3,(H,20,25)(H,21,24)(H,22,26)/t13-,14+,16-/m0/s1. The lowest BCUT2D eigenvalue weighted by atomic mass is 9.94. The van der Waals surface area contributed by atoms with E-state index in [4.69, 9.17) is 10.4 Å². The highest BCUT2D eigenvalue weighted by atomic mass is 16.5. The maximum absolute atomic E-state index is 13.0. The fourth-order valence-electron chi connectivity index (χ4n) is 3.58. The van der Waals surface area contributed by atoms with Crippen LogP contribution in [0.5, 0.6) is 0 Å². The Kier molecular flexibility index (Phi) is 10.6. The molecule has 0 bridgehead atoms. The van der Waals surface area contributed by atoms with Crippen LogP contribution in [0.3, 0.4) is 0 Å². The molecule has 0 aromatic carbocycles. The molecule has 1 aliphatic heterocycles. The Hall–Kier alpha value is -2.20. The lowest BCUT2D eigenvalue weighted by Crippen LogP contribution is -2.55. The van der Waals surface area contributed by atoms with Gasteiger partial charge in [-0.3, -0.25) is 29.6 Å². The quantitative estimate of drug-likeness (QED) is 0.191. The number of nitrogens with one attached hydrogen (secondary N) is 3. The monoisotopic (exact) mass is 414 g/mol. The Balaban J connectivity index is 2.90. The summed E-state index contributed by atoms with van der Waals surface area (Å²) in [6.07, 6.45) is 3.96. The molecule has 1 heterocycles. The highest BCUT2D eigenvalue weighted by molar-refractivity contribution is 5.93. The van der Waals surface area contributed by atoms with Crippen molar-refractivity contribution in [3.63, 3.8) is 0 Å². The Morgan fingerprint density at radius 3 is 2.34 bits per heavy atom. The zero-order valence-corrected chi connectivity index (χ0v) is 17.4. The molecule has 0 unspecified atom stereocenters. The number of rotatable bonds is 11. The summed E-state index contributed by atoms with van der Waals surface area (Å²) in [5, 5.41) is 20.4. The summed E-state index contributed by atoms with van der Waals surface area (Å²) in [5.74, 6) is -3.04. The van der Waals surface area contributed by atoms with Gasteiger partial charge in [0.05, 0.1) is 0 Å². The summed E-state index contributed by atoms with van der Waals surface area (Å²) in [6.45, 7) is 5.96. The second kappa shape index (κ2) is 12.4. The molecule has 0 aliphatic carbocycles. The average molecular weight is 415 g/mol. The van der Waals surface area contributed by atoms with Gasteiger partial charge in [-0.25, -0.2) is 11.0 Å². The van der Waals surface area contributed by atoms with Gasteiger partial charge < -0.3 is 10.2 Å². The van der Waals surface area contributed by atoms with E-state index in [0.717, 1.165) is 19.3 Å². The third-order valence-corrected chi connectivity index (χ3v) is 5.26. The third-order valence-electron chi connectivity index (χ3n) is 5.26. The van der Waals surface area contributed by atoms with E-state index in [1.165, 1.54) is 4.90 Å². The van der Waals surface area contributed by atoms with Crippen molar-refractivity contribution in [2.75, 3.05) is 6.54 Å². The lowest BCUT2D eigenvalue weighted by Gasteiger charge is -2.31. The highest BCUT2D eigenvalue weighted by Crippen LogP contribution is 2.21. The zero-order chi connectivity index (χ0) is 22.0. The molecule has 0 aromatic rings. The Bertz CT molecular complexity index is 583. The molecule has 5 N–H and O–H groups in total. The molecular weight excluding hydrogens is 380 g/mol. The summed E-state index contributed by atoms with van der Waals surface area (Å²) in [7, 11) is 0. The van der Waals surface area contributed by atoms with Gasteiger partial charge >= 0.3 is 0 Å². The van der Waals surface area contributed by atoms with Crippen LogP contribution in [0.25, 0.3) is 0 Å². The molecule has 29 heavy (non-hydrogen) atoms. The largest absolute Gasteiger partial charge is 0.344 e. The molecule has 166 valence electrons. The Morgan fingerprint density at radius 1 is 1.10 bits per heavy atom. The zero-order valence-electron chi connectivity index (χ0n) is 17.4. The lowest BCUT2D eigenvalue weighted by molar-refractivity contribution is -0.145. The number of carbonyl (C=O) groups is 4. The number of carbonyl (C=O) groups excluding carboxylic acids is 4. The van der Waals surface area contributed by atoms with Crippen molar-refractivity contribution in [1.82, 2.24) is 21.2 Å². The van der Waals surface area contributed by atoms with Gasteiger partial charge in [0.15, 0.2) is 0 Å². The second-order valence-corrected chi connectivity index (χ2v) is 7.83. The molecule has 1 rings (SSSR count). The topological polar surface area (TPSA) is 148 Å². The number of hydrogen-bond acceptors (Lipinski definition) is 6. The van der Waals surface area contributed by atoms with E-state index in [1.54, 1.807) is 24.8 Å². The molecular formula is C19H34N4O6. The summed E-state index contributed by atoms with van der Waals surface area (Å²) < 4.78 is 0. The van der Waals surface area contributed by atoms with Crippen LogP contribution >= 0.6 is 0 Å². The van der Waals surface area contributed by atoms with Crippen molar-refractivity contribution in [3.8, 4) is 0 Å². The predicted molar refractivity (Wildman–Crippen MR) is 104 cm³/mol. The predicted octanol–water partition coefficient (Wildman–Crippen LogP) is 0.716. The third kappa shape index (κ3) is 7.28. The van der Waals surface area contributed by atoms with Crippen molar-refractivity contribution < 1.29 is 29.6 Å². The van der Waals surface area contributed by atoms with Crippen LogP contribution in [0.2, 0.25) is 0 Å². The minimum atomic E-state index is -0.861. The van der Waals surface area contributed by atoms with Crippen LogP contribution in [0, 0.1) is 11.8 Å². The smallest absolute Gasteiger partial charge is 0.266 e. The number of hydroxylamine groups is 2. The van der Waals surface area contributed by atoms with E-state index in [0.29, 0.717) is 25.8 Å². The molecule has 10 heteroatoms. The normalized spacial score (nSPS) is 18.3. The van der Waals surface area contributed by atoms with Crippen LogP contribution in [-0.4, -0.2) is 57.6 Å².